The van der Waals surface area contributed by atoms with Gasteiger partial charge in [0.15, 0.2) is 0 Å². The molecule has 10 heteroatoms. The molecule has 9 nitrogen and oxygen atoms in total. The van der Waals surface area contributed by atoms with Crippen molar-refractivity contribution < 1.29 is 29.7 Å². The van der Waals surface area contributed by atoms with E-state index in [1.807, 2.05) is 6.26 Å². The van der Waals surface area contributed by atoms with Crippen LogP contribution in [0.4, 0.5) is 0 Å². The fraction of sp³-hybridized carbons (Fsp3) is 0.750. The van der Waals surface area contributed by atoms with Crippen LogP contribution in [-0.4, -0.2) is 75.9 Å². The number of rotatable bonds is 10. The van der Waals surface area contributed by atoms with E-state index in [-0.39, 0.29) is 6.42 Å². The first kappa shape index (κ1) is 20.6. The molecule has 2 amide bonds. The topological polar surface area (TPSA) is 162 Å². The molecule has 0 aromatic carbocycles. The maximum Gasteiger partial charge on any atom is 0.328 e. The van der Waals surface area contributed by atoms with E-state index in [1.54, 1.807) is 0 Å². The van der Waals surface area contributed by atoms with Crippen LogP contribution in [0.15, 0.2) is 0 Å². The minimum absolute atomic E-state index is 0.253. The third-order valence-electron chi connectivity index (χ3n) is 2.86. The molecule has 0 heterocycles. The van der Waals surface area contributed by atoms with Crippen LogP contribution in [-0.2, 0) is 14.4 Å². The van der Waals surface area contributed by atoms with Gasteiger partial charge >= 0.3 is 5.97 Å². The molecule has 4 atom stereocenters. The van der Waals surface area contributed by atoms with E-state index in [0.717, 1.165) is 0 Å². The van der Waals surface area contributed by atoms with Gasteiger partial charge < -0.3 is 31.7 Å². The number of carbonyl (C=O) groups excluding carboxylic acids is 2. The molecular formula is C12H23N3O6S. The molecule has 0 saturated carbocycles. The monoisotopic (exact) mass is 337 g/mol. The quantitative estimate of drug-likeness (QED) is 0.255. The van der Waals surface area contributed by atoms with Crippen molar-refractivity contribution in [2.45, 2.75) is 37.6 Å². The first-order chi connectivity index (χ1) is 10.2. The number of aliphatic hydroxyl groups excluding tert-OH is 2. The van der Waals surface area contributed by atoms with E-state index in [4.69, 9.17) is 15.9 Å². The van der Waals surface area contributed by atoms with Crippen LogP contribution in [0.2, 0.25) is 0 Å². The van der Waals surface area contributed by atoms with Gasteiger partial charge in [0.1, 0.15) is 18.1 Å². The van der Waals surface area contributed by atoms with Crippen molar-refractivity contribution in [1.82, 2.24) is 10.6 Å². The lowest BCUT2D eigenvalue weighted by atomic mass is 10.1. The number of hydrogen-bond acceptors (Lipinski definition) is 7. The highest BCUT2D eigenvalue weighted by molar-refractivity contribution is 7.98. The van der Waals surface area contributed by atoms with Crippen molar-refractivity contribution in [3.05, 3.63) is 0 Å². The molecule has 0 aliphatic rings. The van der Waals surface area contributed by atoms with Crippen LogP contribution < -0.4 is 16.4 Å². The predicted molar refractivity (Wildman–Crippen MR) is 81.2 cm³/mol. The Kier molecular flexibility index (Phi) is 9.74. The average molecular weight is 337 g/mol. The van der Waals surface area contributed by atoms with Gasteiger partial charge in [-0.2, -0.15) is 11.8 Å². The predicted octanol–water partition coefficient (Wildman–Crippen LogP) is -2.51. The van der Waals surface area contributed by atoms with Gasteiger partial charge in [0.2, 0.25) is 11.8 Å². The molecule has 128 valence electrons. The number of nitrogens with one attached hydrogen (secondary N) is 2. The fourth-order valence-corrected chi connectivity index (χ4v) is 1.92. The first-order valence-corrected chi connectivity index (χ1v) is 8.01. The third kappa shape index (κ3) is 7.07. The van der Waals surface area contributed by atoms with E-state index < -0.39 is 48.6 Å². The Balaban J connectivity index is 4.84. The number of hydrogen-bond donors (Lipinski definition) is 6. The highest BCUT2D eigenvalue weighted by Crippen LogP contribution is 2.03. The Hall–Kier alpha value is -1.36. The number of carboxylic acid groups (broad SMARTS) is 1. The summed E-state index contributed by atoms with van der Waals surface area (Å²) in [7, 11) is 0. The molecule has 0 radical (unpaired) electrons. The molecule has 0 aromatic heterocycles. The van der Waals surface area contributed by atoms with Gasteiger partial charge in [0, 0.05) is 0 Å². The Morgan fingerprint density at radius 1 is 1.18 bits per heavy atom. The summed E-state index contributed by atoms with van der Waals surface area (Å²) in [5.74, 6) is -2.29. The summed E-state index contributed by atoms with van der Waals surface area (Å²) < 4.78 is 0. The summed E-state index contributed by atoms with van der Waals surface area (Å²) in [5.41, 5.74) is 5.48. The van der Waals surface area contributed by atoms with Gasteiger partial charge in [-0.15, -0.1) is 0 Å². The molecule has 22 heavy (non-hydrogen) atoms. The van der Waals surface area contributed by atoms with Crippen molar-refractivity contribution in [3.63, 3.8) is 0 Å². The Morgan fingerprint density at radius 3 is 2.14 bits per heavy atom. The number of amides is 2. The van der Waals surface area contributed by atoms with Gasteiger partial charge in [0.25, 0.3) is 0 Å². The number of carboxylic acids is 1. The second-order valence-corrected chi connectivity index (χ2v) is 5.68. The molecule has 7 N–H and O–H groups in total. The van der Waals surface area contributed by atoms with E-state index in [1.165, 1.54) is 18.7 Å². The van der Waals surface area contributed by atoms with Crippen molar-refractivity contribution >= 4 is 29.5 Å². The van der Waals surface area contributed by atoms with E-state index >= 15 is 0 Å². The van der Waals surface area contributed by atoms with Crippen LogP contribution in [0.25, 0.3) is 0 Å². The summed E-state index contributed by atoms with van der Waals surface area (Å²) >= 11 is 1.44. The standard InChI is InChI=1S/C12H23N3O6S/c1-6(17)9(13)11(19)14-7(3-4-22-2)10(18)15-8(5-16)12(20)21/h6-9,16-17H,3-5,13H2,1-2H3,(H,14,19)(H,15,18)(H,20,21)/t6-,7+,8+,9+/m1/s1. The lowest BCUT2D eigenvalue weighted by Gasteiger charge is -2.22. The molecule has 0 rings (SSSR count). The fourth-order valence-electron chi connectivity index (χ4n) is 1.45. The summed E-state index contributed by atoms with van der Waals surface area (Å²) in [4.78, 5) is 34.6. The second-order valence-electron chi connectivity index (χ2n) is 4.69. The van der Waals surface area contributed by atoms with Crippen molar-refractivity contribution in [1.29, 1.82) is 0 Å². The Bertz CT molecular complexity index is 393. The van der Waals surface area contributed by atoms with E-state index in [9.17, 15) is 19.5 Å². The molecule has 0 fully saturated rings. The number of aliphatic carboxylic acids is 1. The average Bonchev–Trinajstić information content (AvgIpc) is 2.46. The van der Waals surface area contributed by atoms with Gasteiger partial charge in [-0.25, -0.2) is 4.79 Å². The normalized spacial score (nSPS) is 16.2. The van der Waals surface area contributed by atoms with Crippen LogP contribution >= 0.6 is 11.8 Å². The molecule has 0 aliphatic heterocycles. The van der Waals surface area contributed by atoms with Crippen LogP contribution in [0.1, 0.15) is 13.3 Å². The zero-order chi connectivity index (χ0) is 17.3. The summed E-state index contributed by atoms with van der Waals surface area (Å²) in [5, 5.41) is 31.5. The smallest absolute Gasteiger partial charge is 0.328 e. The first-order valence-electron chi connectivity index (χ1n) is 6.61. The highest BCUT2D eigenvalue weighted by atomic mass is 32.2. The zero-order valence-electron chi connectivity index (χ0n) is 12.5. The maximum absolute atomic E-state index is 12.0. The largest absolute Gasteiger partial charge is 0.480 e. The van der Waals surface area contributed by atoms with Crippen molar-refractivity contribution in [2.24, 2.45) is 5.73 Å². The lowest BCUT2D eigenvalue weighted by Crippen LogP contribution is -2.56. The third-order valence-corrected chi connectivity index (χ3v) is 3.51. The molecule has 0 saturated heterocycles. The second kappa shape index (κ2) is 10.4. The minimum Gasteiger partial charge on any atom is -0.480 e. The van der Waals surface area contributed by atoms with E-state index in [2.05, 4.69) is 10.6 Å². The van der Waals surface area contributed by atoms with Gasteiger partial charge in [-0.1, -0.05) is 0 Å². The van der Waals surface area contributed by atoms with Crippen molar-refractivity contribution in [3.8, 4) is 0 Å². The highest BCUT2D eigenvalue weighted by Gasteiger charge is 2.28. The molecule has 0 bridgehead atoms. The lowest BCUT2D eigenvalue weighted by molar-refractivity contribution is -0.143. The molecule has 0 unspecified atom stereocenters. The Morgan fingerprint density at radius 2 is 1.73 bits per heavy atom. The van der Waals surface area contributed by atoms with Crippen molar-refractivity contribution in [2.75, 3.05) is 18.6 Å². The van der Waals surface area contributed by atoms with Crippen LogP contribution in [0.3, 0.4) is 0 Å². The van der Waals surface area contributed by atoms with Crippen LogP contribution in [0, 0.1) is 0 Å². The summed E-state index contributed by atoms with van der Waals surface area (Å²) in [6.45, 7) is 0.574. The summed E-state index contributed by atoms with van der Waals surface area (Å²) in [6, 6.07) is -3.65. The number of carbonyl (C=O) groups is 3. The van der Waals surface area contributed by atoms with Gasteiger partial charge in [-0.3, -0.25) is 9.59 Å². The van der Waals surface area contributed by atoms with Gasteiger partial charge in [-0.05, 0) is 25.4 Å². The van der Waals surface area contributed by atoms with Crippen LogP contribution in [0.5, 0.6) is 0 Å². The van der Waals surface area contributed by atoms with E-state index in [0.29, 0.717) is 5.75 Å². The molecular weight excluding hydrogens is 314 g/mol. The molecule has 0 spiro atoms. The number of nitrogens with two attached hydrogens (primary N) is 1. The summed E-state index contributed by atoms with van der Waals surface area (Å²) in [6.07, 6.45) is 0.975. The SMILES string of the molecule is CSCC[C@H](NC(=O)[C@@H](N)[C@@H](C)O)C(=O)N[C@@H](CO)C(=O)O. The maximum atomic E-state index is 12.0. The van der Waals surface area contributed by atoms with Gasteiger partial charge in [0.05, 0.1) is 12.7 Å². The number of thioether (sulfide) groups is 1. The number of aliphatic hydroxyl groups is 2. The Labute approximate surface area is 132 Å². The zero-order valence-corrected chi connectivity index (χ0v) is 13.3. The minimum atomic E-state index is -1.45. The molecule has 0 aliphatic carbocycles. The molecule has 0 aromatic rings.